The molecule has 98 valence electrons. The minimum Gasteiger partial charge on any atom is -0.399 e. The Bertz CT molecular complexity index is 452. The fraction of sp³-hybridized carbons (Fsp3) is 0.462. The van der Waals surface area contributed by atoms with Gasteiger partial charge in [0.15, 0.2) is 0 Å². The lowest BCUT2D eigenvalue weighted by atomic mass is 9.96. The van der Waals surface area contributed by atoms with Crippen molar-refractivity contribution in [3.63, 3.8) is 0 Å². The number of carbonyl (C=O) groups excluding carboxylic acids is 1. The molecule has 1 aliphatic rings. The third-order valence-electron chi connectivity index (χ3n) is 3.42. The molecule has 1 aromatic rings. The number of carbonyl (C=O) groups is 1. The lowest BCUT2D eigenvalue weighted by Crippen LogP contribution is -2.41. The molecule has 0 spiro atoms. The fourth-order valence-corrected chi connectivity index (χ4v) is 3.40. The van der Waals surface area contributed by atoms with Crippen molar-refractivity contribution in [2.75, 3.05) is 23.7 Å². The van der Waals surface area contributed by atoms with Gasteiger partial charge in [-0.2, -0.15) is 0 Å². The van der Waals surface area contributed by atoms with Gasteiger partial charge in [0.2, 0.25) is 5.91 Å². The molecular weight excluding hydrogens is 294 g/mol. The number of hydrogen-bond donors (Lipinski definition) is 2. The number of nitrogen functional groups attached to an aromatic ring is 1. The summed E-state index contributed by atoms with van der Waals surface area (Å²) >= 11 is 3.55. The highest BCUT2D eigenvalue weighted by molar-refractivity contribution is 9.10. The molecule has 1 fully saturated rings. The molecule has 0 bridgehead atoms. The van der Waals surface area contributed by atoms with Gasteiger partial charge >= 0.3 is 0 Å². The van der Waals surface area contributed by atoms with Crippen LogP contribution in [0.4, 0.5) is 11.4 Å². The summed E-state index contributed by atoms with van der Waals surface area (Å²) in [7, 11) is 0. The molecule has 1 heterocycles. The van der Waals surface area contributed by atoms with Crippen molar-refractivity contribution in [1.29, 1.82) is 0 Å². The molecule has 2 rings (SSSR count). The van der Waals surface area contributed by atoms with Gasteiger partial charge in [-0.3, -0.25) is 4.79 Å². The van der Waals surface area contributed by atoms with E-state index in [1.807, 2.05) is 19.1 Å². The van der Waals surface area contributed by atoms with Crippen LogP contribution < -0.4 is 16.4 Å². The number of anilines is 2. The Labute approximate surface area is 115 Å². The van der Waals surface area contributed by atoms with Crippen molar-refractivity contribution in [2.24, 2.45) is 11.7 Å². The van der Waals surface area contributed by atoms with Crippen LogP contribution in [0.15, 0.2) is 16.6 Å². The van der Waals surface area contributed by atoms with E-state index in [2.05, 4.69) is 20.8 Å². The Kier molecular flexibility index (Phi) is 3.80. The molecule has 1 amide bonds. The number of aryl methyl sites for hydroxylation is 1. The maximum Gasteiger partial charge on any atom is 0.222 e. The van der Waals surface area contributed by atoms with E-state index in [4.69, 9.17) is 11.5 Å². The normalized spacial score (nSPS) is 19.9. The van der Waals surface area contributed by atoms with Crippen LogP contribution in [-0.4, -0.2) is 19.0 Å². The van der Waals surface area contributed by atoms with Crippen LogP contribution in [0.3, 0.4) is 0 Å². The number of halogens is 1. The molecule has 0 radical (unpaired) electrons. The van der Waals surface area contributed by atoms with Gasteiger partial charge in [0.1, 0.15) is 0 Å². The molecule has 5 heteroatoms. The Morgan fingerprint density at radius 3 is 2.83 bits per heavy atom. The molecule has 1 atom stereocenters. The molecule has 4 N–H and O–H groups in total. The molecule has 1 unspecified atom stereocenters. The first kappa shape index (κ1) is 13.2. The van der Waals surface area contributed by atoms with Crippen LogP contribution in [0.5, 0.6) is 0 Å². The average Bonchev–Trinajstić information content (AvgIpc) is 2.28. The van der Waals surface area contributed by atoms with Gasteiger partial charge in [-0.15, -0.1) is 0 Å². The number of primary amides is 1. The van der Waals surface area contributed by atoms with Gasteiger partial charge in [-0.25, -0.2) is 0 Å². The Morgan fingerprint density at radius 1 is 1.50 bits per heavy atom. The SMILES string of the molecule is Cc1cc(N)cc(Br)c1N1CCCC(C(N)=O)C1. The van der Waals surface area contributed by atoms with Crippen LogP contribution in [-0.2, 0) is 4.79 Å². The van der Waals surface area contributed by atoms with Crippen LogP contribution in [0.25, 0.3) is 0 Å². The first-order chi connectivity index (χ1) is 8.49. The Balaban J connectivity index is 2.29. The maximum atomic E-state index is 11.3. The van der Waals surface area contributed by atoms with Crippen molar-refractivity contribution < 1.29 is 4.79 Å². The van der Waals surface area contributed by atoms with Crippen molar-refractivity contribution in [2.45, 2.75) is 19.8 Å². The number of nitrogens with two attached hydrogens (primary N) is 2. The summed E-state index contributed by atoms with van der Waals surface area (Å²) in [6.07, 6.45) is 1.88. The predicted octanol–water partition coefficient (Wildman–Crippen LogP) is 2.04. The number of amides is 1. The highest BCUT2D eigenvalue weighted by Crippen LogP contribution is 2.34. The lowest BCUT2D eigenvalue weighted by Gasteiger charge is -2.34. The van der Waals surface area contributed by atoms with E-state index in [0.717, 1.165) is 40.8 Å². The molecular formula is C13H18BrN3O. The van der Waals surface area contributed by atoms with Gasteiger partial charge in [0.05, 0.1) is 11.6 Å². The van der Waals surface area contributed by atoms with E-state index >= 15 is 0 Å². The van der Waals surface area contributed by atoms with E-state index in [1.165, 1.54) is 0 Å². The quantitative estimate of drug-likeness (QED) is 0.821. The second-order valence-corrected chi connectivity index (χ2v) is 5.71. The second kappa shape index (κ2) is 5.18. The van der Waals surface area contributed by atoms with Crippen LogP contribution in [0.1, 0.15) is 18.4 Å². The smallest absolute Gasteiger partial charge is 0.222 e. The zero-order valence-corrected chi connectivity index (χ0v) is 12.0. The summed E-state index contributed by atoms with van der Waals surface area (Å²) in [5, 5.41) is 0. The lowest BCUT2D eigenvalue weighted by molar-refractivity contribution is -0.122. The molecule has 18 heavy (non-hydrogen) atoms. The molecule has 4 nitrogen and oxygen atoms in total. The van der Waals surface area contributed by atoms with Gasteiger partial charge in [-0.05, 0) is 53.4 Å². The van der Waals surface area contributed by atoms with E-state index in [-0.39, 0.29) is 11.8 Å². The van der Waals surface area contributed by atoms with E-state index in [9.17, 15) is 4.79 Å². The summed E-state index contributed by atoms with van der Waals surface area (Å²) in [4.78, 5) is 13.5. The zero-order valence-electron chi connectivity index (χ0n) is 10.4. The molecule has 1 saturated heterocycles. The molecule has 0 saturated carbocycles. The number of hydrogen-bond acceptors (Lipinski definition) is 3. The van der Waals surface area contributed by atoms with Gasteiger partial charge in [0.25, 0.3) is 0 Å². The fourth-order valence-electron chi connectivity index (χ4n) is 2.58. The van der Waals surface area contributed by atoms with Crippen molar-refractivity contribution in [3.05, 3.63) is 22.2 Å². The van der Waals surface area contributed by atoms with E-state index in [1.54, 1.807) is 0 Å². The third-order valence-corrected chi connectivity index (χ3v) is 4.02. The summed E-state index contributed by atoms with van der Waals surface area (Å²) in [6.45, 7) is 3.68. The highest BCUT2D eigenvalue weighted by Gasteiger charge is 2.26. The third kappa shape index (κ3) is 2.61. The topological polar surface area (TPSA) is 72.3 Å². The number of piperidine rings is 1. The summed E-state index contributed by atoms with van der Waals surface area (Å²) in [6, 6.07) is 3.85. The maximum absolute atomic E-state index is 11.3. The van der Waals surface area contributed by atoms with E-state index in [0.29, 0.717) is 6.54 Å². The first-order valence-corrected chi connectivity index (χ1v) is 6.88. The Morgan fingerprint density at radius 2 is 2.22 bits per heavy atom. The highest BCUT2D eigenvalue weighted by atomic mass is 79.9. The van der Waals surface area contributed by atoms with Crippen molar-refractivity contribution >= 4 is 33.2 Å². The number of rotatable bonds is 2. The van der Waals surface area contributed by atoms with Crippen LogP contribution in [0.2, 0.25) is 0 Å². The summed E-state index contributed by atoms with van der Waals surface area (Å²) < 4.78 is 0.977. The first-order valence-electron chi connectivity index (χ1n) is 6.09. The summed E-state index contributed by atoms with van der Waals surface area (Å²) in [5.74, 6) is -0.258. The largest absolute Gasteiger partial charge is 0.399 e. The minimum atomic E-state index is -0.205. The van der Waals surface area contributed by atoms with E-state index < -0.39 is 0 Å². The van der Waals surface area contributed by atoms with Gasteiger partial charge in [-0.1, -0.05) is 0 Å². The molecule has 1 aromatic carbocycles. The zero-order chi connectivity index (χ0) is 13.3. The molecule has 0 aromatic heterocycles. The second-order valence-electron chi connectivity index (χ2n) is 4.86. The predicted molar refractivity (Wildman–Crippen MR) is 77.4 cm³/mol. The molecule has 1 aliphatic heterocycles. The standard InChI is InChI=1S/C13H18BrN3O/c1-8-5-10(15)6-11(14)12(8)17-4-2-3-9(7-17)13(16)18/h5-6,9H,2-4,7,15H2,1H3,(H2,16,18). The average molecular weight is 312 g/mol. The van der Waals surface area contributed by atoms with Crippen molar-refractivity contribution in [3.8, 4) is 0 Å². The number of benzene rings is 1. The molecule has 0 aliphatic carbocycles. The minimum absolute atomic E-state index is 0.0531. The van der Waals surface area contributed by atoms with Gasteiger partial charge in [0, 0.05) is 23.2 Å². The van der Waals surface area contributed by atoms with Crippen LogP contribution in [0, 0.1) is 12.8 Å². The Hall–Kier alpha value is -1.23. The van der Waals surface area contributed by atoms with Crippen molar-refractivity contribution in [1.82, 2.24) is 0 Å². The van der Waals surface area contributed by atoms with Crippen LogP contribution >= 0.6 is 15.9 Å². The summed E-state index contributed by atoms with van der Waals surface area (Å²) in [5.41, 5.74) is 14.2. The number of nitrogens with zero attached hydrogens (tertiary/aromatic N) is 1. The monoisotopic (exact) mass is 311 g/mol. The van der Waals surface area contributed by atoms with Gasteiger partial charge < -0.3 is 16.4 Å².